The summed E-state index contributed by atoms with van der Waals surface area (Å²) >= 11 is 0. The van der Waals surface area contributed by atoms with Crippen LogP contribution in [0.3, 0.4) is 0 Å². The Hall–Kier alpha value is -1.77. The lowest BCUT2D eigenvalue weighted by atomic mass is 10.5. The Bertz CT molecular complexity index is 324. The molecule has 0 unspecified atom stereocenters. The molecule has 0 spiro atoms. The normalized spacial score (nSPS) is 9.17. The zero-order valence-corrected chi connectivity index (χ0v) is 6.01. The summed E-state index contributed by atoms with van der Waals surface area (Å²) in [7, 11) is 1.08. The first kappa shape index (κ1) is 8.33. The highest BCUT2D eigenvalue weighted by molar-refractivity contribution is 5.21. The molecule has 0 N–H and O–H groups in total. The number of nitriles is 1. The monoisotopic (exact) mass is 171 g/mol. The minimum Gasteiger partial charge on any atom is -0.489 e. The van der Waals surface area contributed by atoms with Crippen molar-refractivity contribution in [2.24, 2.45) is 0 Å². The number of rotatable bonds is 1. The van der Waals surface area contributed by atoms with Gasteiger partial charge in [0.25, 0.3) is 11.9 Å². The van der Waals surface area contributed by atoms with Gasteiger partial charge >= 0.3 is 0 Å². The third kappa shape index (κ3) is 1.29. The van der Waals surface area contributed by atoms with E-state index in [0.717, 1.165) is 7.11 Å². The first-order valence-corrected chi connectivity index (χ1v) is 2.86. The molecule has 0 aliphatic carbocycles. The van der Waals surface area contributed by atoms with E-state index in [-0.39, 0.29) is 0 Å². The van der Waals surface area contributed by atoms with Gasteiger partial charge in [-0.15, -0.1) is 0 Å². The van der Waals surface area contributed by atoms with E-state index in [9.17, 15) is 8.78 Å². The Balaban J connectivity index is 3.30. The van der Waals surface area contributed by atoms with Crippen LogP contribution >= 0.6 is 0 Å². The molecule has 62 valence electrons. The van der Waals surface area contributed by atoms with Crippen LogP contribution in [0, 0.1) is 23.2 Å². The Morgan fingerprint density at radius 2 is 1.83 bits per heavy atom. The predicted octanol–water partition coefficient (Wildman–Crippen LogP) is 0.635. The molecule has 0 aromatic carbocycles. The molecule has 1 heterocycles. The van der Waals surface area contributed by atoms with Crippen molar-refractivity contribution >= 4 is 0 Å². The Kier molecular flexibility index (Phi) is 2.14. The molecular formula is C6H3F2N3O. The van der Waals surface area contributed by atoms with E-state index >= 15 is 0 Å². The van der Waals surface area contributed by atoms with Gasteiger partial charge in [0.2, 0.25) is 11.6 Å². The number of aromatic nitrogens is 2. The highest BCUT2D eigenvalue weighted by atomic mass is 19.1. The van der Waals surface area contributed by atoms with Gasteiger partial charge in [0, 0.05) is 0 Å². The number of halogens is 2. The van der Waals surface area contributed by atoms with E-state index in [4.69, 9.17) is 5.26 Å². The van der Waals surface area contributed by atoms with Gasteiger partial charge in [-0.2, -0.15) is 24.0 Å². The van der Waals surface area contributed by atoms with Gasteiger partial charge in [0.15, 0.2) is 0 Å². The molecule has 0 amide bonds. The maximum absolute atomic E-state index is 12.6. The molecule has 1 rings (SSSR count). The fourth-order valence-electron chi connectivity index (χ4n) is 0.616. The number of nitrogens with zero attached hydrogens (tertiary/aromatic N) is 3. The summed E-state index contributed by atoms with van der Waals surface area (Å²) in [4.78, 5) is 6.04. The second-order valence-corrected chi connectivity index (χ2v) is 1.77. The zero-order valence-electron chi connectivity index (χ0n) is 6.01. The van der Waals surface area contributed by atoms with E-state index in [1.807, 2.05) is 0 Å². The lowest BCUT2D eigenvalue weighted by Crippen LogP contribution is -2.01. The molecular weight excluding hydrogens is 168 g/mol. The minimum absolute atomic E-state index is 0.564. The molecule has 0 saturated heterocycles. The van der Waals surface area contributed by atoms with Crippen molar-refractivity contribution in [1.29, 1.82) is 5.26 Å². The number of ether oxygens (including phenoxy) is 1. The average molecular weight is 171 g/mol. The first-order valence-electron chi connectivity index (χ1n) is 2.86. The van der Waals surface area contributed by atoms with Gasteiger partial charge in [0.05, 0.1) is 7.11 Å². The molecule has 0 radical (unpaired) electrons. The SMILES string of the molecule is COc1c(F)nc(C#N)nc1F. The topological polar surface area (TPSA) is 58.8 Å². The van der Waals surface area contributed by atoms with Crippen molar-refractivity contribution in [2.75, 3.05) is 7.11 Å². The fourth-order valence-corrected chi connectivity index (χ4v) is 0.616. The summed E-state index contributed by atoms with van der Waals surface area (Å²) in [6, 6.07) is 1.40. The maximum Gasteiger partial charge on any atom is 0.262 e. The van der Waals surface area contributed by atoms with Crippen LogP contribution in [0.4, 0.5) is 8.78 Å². The second kappa shape index (κ2) is 3.09. The Morgan fingerprint density at radius 1 is 1.33 bits per heavy atom. The van der Waals surface area contributed by atoms with E-state index in [1.165, 1.54) is 6.07 Å². The standard InChI is InChI=1S/C6H3F2N3O/c1-12-4-5(7)10-3(2-9)11-6(4)8/h1H3. The molecule has 0 aliphatic heterocycles. The molecule has 0 aliphatic rings. The van der Waals surface area contributed by atoms with Gasteiger partial charge in [0.1, 0.15) is 6.07 Å². The summed E-state index contributed by atoms with van der Waals surface area (Å²) in [5, 5.41) is 8.20. The van der Waals surface area contributed by atoms with Crippen LogP contribution in [-0.2, 0) is 0 Å². The van der Waals surface area contributed by atoms with Crippen molar-refractivity contribution in [2.45, 2.75) is 0 Å². The summed E-state index contributed by atoms with van der Waals surface area (Å²) in [5.74, 6) is -3.61. The molecule has 0 atom stereocenters. The number of hydrogen-bond acceptors (Lipinski definition) is 4. The van der Waals surface area contributed by atoms with Gasteiger partial charge in [-0.3, -0.25) is 0 Å². The van der Waals surface area contributed by atoms with Crippen LogP contribution < -0.4 is 4.74 Å². The third-order valence-electron chi connectivity index (χ3n) is 1.09. The third-order valence-corrected chi connectivity index (χ3v) is 1.09. The van der Waals surface area contributed by atoms with E-state index < -0.39 is 23.5 Å². The lowest BCUT2D eigenvalue weighted by Gasteiger charge is -2.00. The van der Waals surface area contributed by atoms with Crippen molar-refractivity contribution in [3.8, 4) is 11.8 Å². The van der Waals surface area contributed by atoms with Gasteiger partial charge < -0.3 is 4.74 Å². The summed E-state index contributed by atoms with van der Waals surface area (Å²) in [6.45, 7) is 0. The Morgan fingerprint density at radius 3 is 2.17 bits per heavy atom. The van der Waals surface area contributed by atoms with Crippen molar-refractivity contribution in [1.82, 2.24) is 9.97 Å². The lowest BCUT2D eigenvalue weighted by molar-refractivity contribution is 0.341. The van der Waals surface area contributed by atoms with Crippen LogP contribution in [0.2, 0.25) is 0 Å². The molecule has 6 heteroatoms. The highest BCUT2D eigenvalue weighted by Gasteiger charge is 2.14. The van der Waals surface area contributed by atoms with Crippen molar-refractivity contribution in [3.63, 3.8) is 0 Å². The van der Waals surface area contributed by atoms with Gasteiger partial charge in [-0.25, -0.2) is 0 Å². The van der Waals surface area contributed by atoms with E-state index in [1.54, 1.807) is 0 Å². The largest absolute Gasteiger partial charge is 0.489 e. The van der Waals surface area contributed by atoms with Gasteiger partial charge in [-0.1, -0.05) is 0 Å². The van der Waals surface area contributed by atoms with Crippen molar-refractivity contribution in [3.05, 3.63) is 17.7 Å². The maximum atomic E-state index is 12.6. The quantitative estimate of drug-likeness (QED) is 0.581. The van der Waals surface area contributed by atoms with E-state index in [2.05, 4.69) is 14.7 Å². The van der Waals surface area contributed by atoms with Crippen LogP contribution in [-0.4, -0.2) is 17.1 Å². The second-order valence-electron chi connectivity index (χ2n) is 1.77. The molecule has 1 aromatic heterocycles. The van der Waals surface area contributed by atoms with E-state index in [0.29, 0.717) is 0 Å². The summed E-state index contributed by atoms with van der Waals surface area (Å²) < 4.78 is 29.6. The summed E-state index contributed by atoms with van der Waals surface area (Å²) in [5.41, 5.74) is 0. The molecule has 12 heavy (non-hydrogen) atoms. The molecule has 0 saturated carbocycles. The molecule has 0 bridgehead atoms. The first-order chi connectivity index (χ1) is 5.69. The van der Waals surface area contributed by atoms with Crippen LogP contribution in [0.15, 0.2) is 0 Å². The predicted molar refractivity (Wildman–Crippen MR) is 33.2 cm³/mol. The minimum atomic E-state index is -1.18. The molecule has 0 fully saturated rings. The zero-order chi connectivity index (χ0) is 9.14. The van der Waals surface area contributed by atoms with Crippen molar-refractivity contribution < 1.29 is 13.5 Å². The van der Waals surface area contributed by atoms with Gasteiger partial charge in [-0.05, 0) is 0 Å². The van der Waals surface area contributed by atoms with Crippen LogP contribution in [0.5, 0.6) is 5.75 Å². The average Bonchev–Trinajstić information content (AvgIpc) is 2.03. The Labute approximate surface area is 66.4 Å². The highest BCUT2D eigenvalue weighted by Crippen LogP contribution is 2.16. The summed E-state index contributed by atoms with van der Waals surface area (Å²) in [6.07, 6.45) is 0. The molecule has 1 aromatic rings. The fraction of sp³-hybridized carbons (Fsp3) is 0.167. The smallest absolute Gasteiger partial charge is 0.262 e. The van der Waals surface area contributed by atoms with Crippen LogP contribution in [0.1, 0.15) is 5.82 Å². The molecule has 4 nitrogen and oxygen atoms in total. The van der Waals surface area contributed by atoms with Crippen LogP contribution in [0.25, 0.3) is 0 Å². The number of methoxy groups -OCH3 is 1. The number of hydrogen-bond donors (Lipinski definition) is 0.